The SMILES string of the molecule is Nc1cc(Cl)c(F)cc1-c1ccccc1. The Morgan fingerprint density at radius 2 is 1.73 bits per heavy atom. The Hall–Kier alpha value is -1.54. The van der Waals surface area contributed by atoms with E-state index in [1.807, 2.05) is 30.3 Å². The molecule has 0 saturated heterocycles. The van der Waals surface area contributed by atoms with E-state index in [0.717, 1.165) is 5.56 Å². The molecule has 0 heterocycles. The van der Waals surface area contributed by atoms with Crippen molar-refractivity contribution in [2.24, 2.45) is 0 Å². The van der Waals surface area contributed by atoms with Crippen molar-refractivity contribution in [2.75, 3.05) is 5.73 Å². The summed E-state index contributed by atoms with van der Waals surface area (Å²) in [6.07, 6.45) is 0. The number of nitrogens with two attached hydrogens (primary N) is 1. The molecule has 0 bridgehead atoms. The Labute approximate surface area is 92.3 Å². The highest BCUT2D eigenvalue weighted by Gasteiger charge is 2.07. The van der Waals surface area contributed by atoms with Crippen LogP contribution < -0.4 is 5.73 Å². The van der Waals surface area contributed by atoms with E-state index in [1.165, 1.54) is 12.1 Å². The van der Waals surface area contributed by atoms with Gasteiger partial charge in [-0.25, -0.2) is 4.39 Å². The largest absolute Gasteiger partial charge is 0.398 e. The van der Waals surface area contributed by atoms with Crippen LogP contribution in [0.5, 0.6) is 0 Å². The standard InChI is InChI=1S/C12H9ClFN/c13-10-7-12(15)9(6-11(10)14)8-4-2-1-3-5-8/h1-7H,15H2. The van der Waals surface area contributed by atoms with E-state index in [0.29, 0.717) is 11.3 Å². The third-order valence-electron chi connectivity index (χ3n) is 2.18. The fourth-order valence-electron chi connectivity index (χ4n) is 1.43. The molecule has 0 saturated carbocycles. The Balaban J connectivity index is 2.59. The molecule has 0 unspecified atom stereocenters. The van der Waals surface area contributed by atoms with Gasteiger partial charge < -0.3 is 5.73 Å². The van der Waals surface area contributed by atoms with Crippen molar-refractivity contribution in [2.45, 2.75) is 0 Å². The summed E-state index contributed by atoms with van der Waals surface area (Å²) < 4.78 is 13.3. The van der Waals surface area contributed by atoms with E-state index in [2.05, 4.69) is 0 Å². The lowest BCUT2D eigenvalue weighted by Gasteiger charge is -2.06. The molecule has 0 amide bonds. The quantitative estimate of drug-likeness (QED) is 0.730. The van der Waals surface area contributed by atoms with Crippen LogP contribution in [0.15, 0.2) is 42.5 Å². The van der Waals surface area contributed by atoms with Gasteiger partial charge in [-0.2, -0.15) is 0 Å². The normalized spacial score (nSPS) is 10.3. The number of anilines is 1. The molecule has 0 spiro atoms. The van der Waals surface area contributed by atoms with Gasteiger partial charge in [-0.1, -0.05) is 41.9 Å². The second-order valence-corrected chi connectivity index (χ2v) is 3.63. The van der Waals surface area contributed by atoms with E-state index in [1.54, 1.807) is 0 Å². The number of benzene rings is 2. The van der Waals surface area contributed by atoms with Crippen LogP contribution in [0.25, 0.3) is 11.1 Å². The number of halogens is 2. The van der Waals surface area contributed by atoms with Crippen LogP contribution >= 0.6 is 11.6 Å². The van der Waals surface area contributed by atoms with Crippen molar-refractivity contribution in [1.82, 2.24) is 0 Å². The van der Waals surface area contributed by atoms with Gasteiger partial charge in [-0.15, -0.1) is 0 Å². The van der Waals surface area contributed by atoms with Gasteiger partial charge in [0.15, 0.2) is 0 Å². The van der Waals surface area contributed by atoms with Crippen molar-refractivity contribution < 1.29 is 4.39 Å². The third kappa shape index (κ3) is 1.95. The Morgan fingerprint density at radius 1 is 1.07 bits per heavy atom. The van der Waals surface area contributed by atoms with Crippen molar-refractivity contribution >= 4 is 17.3 Å². The molecule has 3 heteroatoms. The summed E-state index contributed by atoms with van der Waals surface area (Å²) in [6.45, 7) is 0. The number of hydrogen-bond acceptors (Lipinski definition) is 1. The first-order chi connectivity index (χ1) is 7.18. The summed E-state index contributed by atoms with van der Waals surface area (Å²) in [7, 11) is 0. The zero-order valence-electron chi connectivity index (χ0n) is 7.87. The Morgan fingerprint density at radius 3 is 2.40 bits per heavy atom. The summed E-state index contributed by atoms with van der Waals surface area (Å²) in [5, 5.41) is 0.0483. The maximum Gasteiger partial charge on any atom is 0.142 e. The number of nitrogen functional groups attached to an aromatic ring is 1. The summed E-state index contributed by atoms with van der Waals surface area (Å²) in [4.78, 5) is 0. The highest BCUT2D eigenvalue weighted by molar-refractivity contribution is 6.31. The molecule has 2 rings (SSSR count). The van der Waals surface area contributed by atoms with Gasteiger partial charge in [0.05, 0.1) is 5.02 Å². The minimum absolute atomic E-state index is 0.0483. The van der Waals surface area contributed by atoms with Gasteiger partial charge >= 0.3 is 0 Å². The molecule has 1 nitrogen and oxygen atoms in total. The van der Waals surface area contributed by atoms with Crippen LogP contribution in [0, 0.1) is 5.82 Å². The molecule has 2 aromatic carbocycles. The van der Waals surface area contributed by atoms with Gasteiger partial charge in [-0.05, 0) is 17.7 Å². The summed E-state index contributed by atoms with van der Waals surface area (Å²) in [5.74, 6) is -0.454. The van der Waals surface area contributed by atoms with E-state index >= 15 is 0 Å². The smallest absolute Gasteiger partial charge is 0.142 e. The van der Waals surface area contributed by atoms with E-state index in [-0.39, 0.29) is 5.02 Å². The first-order valence-electron chi connectivity index (χ1n) is 4.48. The average molecular weight is 222 g/mol. The Kier molecular flexibility index (Phi) is 2.60. The lowest BCUT2D eigenvalue weighted by molar-refractivity contribution is 0.629. The number of hydrogen-bond donors (Lipinski definition) is 1. The van der Waals surface area contributed by atoms with Crippen LogP contribution in [0.4, 0.5) is 10.1 Å². The molecule has 0 atom stereocenters. The third-order valence-corrected chi connectivity index (χ3v) is 2.47. The molecule has 0 aliphatic rings. The fourth-order valence-corrected chi connectivity index (χ4v) is 1.60. The molecule has 0 radical (unpaired) electrons. The van der Waals surface area contributed by atoms with Crippen LogP contribution in [0.1, 0.15) is 0 Å². The van der Waals surface area contributed by atoms with Crippen LogP contribution in [-0.4, -0.2) is 0 Å². The molecule has 2 aromatic rings. The topological polar surface area (TPSA) is 26.0 Å². The Bertz CT molecular complexity index is 482. The molecular weight excluding hydrogens is 213 g/mol. The highest BCUT2D eigenvalue weighted by Crippen LogP contribution is 2.30. The molecular formula is C12H9ClFN. The summed E-state index contributed by atoms with van der Waals surface area (Å²) in [5.41, 5.74) is 7.79. The van der Waals surface area contributed by atoms with Crippen LogP contribution in [0.3, 0.4) is 0 Å². The fraction of sp³-hybridized carbons (Fsp3) is 0. The van der Waals surface area contributed by atoms with Crippen molar-refractivity contribution in [3.05, 3.63) is 53.3 Å². The van der Waals surface area contributed by atoms with E-state index < -0.39 is 5.82 Å². The summed E-state index contributed by atoms with van der Waals surface area (Å²) in [6, 6.07) is 12.2. The van der Waals surface area contributed by atoms with Gasteiger partial charge in [0.1, 0.15) is 5.82 Å². The molecule has 0 aromatic heterocycles. The first-order valence-corrected chi connectivity index (χ1v) is 4.86. The average Bonchev–Trinajstić information content (AvgIpc) is 2.25. The first kappa shape index (κ1) is 9.99. The molecule has 0 aliphatic heterocycles. The van der Waals surface area contributed by atoms with Crippen molar-refractivity contribution in [1.29, 1.82) is 0 Å². The molecule has 2 N–H and O–H groups in total. The minimum atomic E-state index is -0.454. The van der Waals surface area contributed by atoms with Gasteiger partial charge in [0, 0.05) is 11.3 Å². The highest BCUT2D eigenvalue weighted by atomic mass is 35.5. The summed E-state index contributed by atoms with van der Waals surface area (Å²) >= 11 is 5.62. The molecule has 0 fully saturated rings. The minimum Gasteiger partial charge on any atom is -0.398 e. The lowest BCUT2D eigenvalue weighted by Crippen LogP contribution is -1.92. The predicted octanol–water partition coefficient (Wildman–Crippen LogP) is 3.73. The van der Waals surface area contributed by atoms with Crippen molar-refractivity contribution in [3.8, 4) is 11.1 Å². The zero-order chi connectivity index (χ0) is 10.8. The van der Waals surface area contributed by atoms with Gasteiger partial charge in [0.25, 0.3) is 0 Å². The maximum atomic E-state index is 13.3. The monoisotopic (exact) mass is 221 g/mol. The van der Waals surface area contributed by atoms with E-state index in [4.69, 9.17) is 17.3 Å². The predicted molar refractivity (Wildman–Crippen MR) is 61.3 cm³/mol. The zero-order valence-corrected chi connectivity index (χ0v) is 8.63. The van der Waals surface area contributed by atoms with Gasteiger partial charge in [0.2, 0.25) is 0 Å². The lowest BCUT2D eigenvalue weighted by atomic mass is 10.0. The van der Waals surface area contributed by atoms with Gasteiger partial charge in [-0.3, -0.25) is 0 Å². The molecule has 0 aliphatic carbocycles. The second kappa shape index (κ2) is 3.91. The van der Waals surface area contributed by atoms with Crippen molar-refractivity contribution in [3.63, 3.8) is 0 Å². The molecule has 15 heavy (non-hydrogen) atoms. The maximum absolute atomic E-state index is 13.3. The molecule has 76 valence electrons. The van der Waals surface area contributed by atoms with Crippen LogP contribution in [-0.2, 0) is 0 Å². The number of rotatable bonds is 1. The van der Waals surface area contributed by atoms with E-state index in [9.17, 15) is 4.39 Å². The second-order valence-electron chi connectivity index (χ2n) is 3.22. The van der Waals surface area contributed by atoms with Crippen LogP contribution in [0.2, 0.25) is 5.02 Å².